The summed E-state index contributed by atoms with van der Waals surface area (Å²) in [6.07, 6.45) is 4.53. The van der Waals surface area contributed by atoms with Crippen molar-refractivity contribution in [1.29, 1.82) is 0 Å². The average Bonchev–Trinajstić information content (AvgIpc) is 2.54. The van der Waals surface area contributed by atoms with Crippen LogP contribution in [0.3, 0.4) is 0 Å². The van der Waals surface area contributed by atoms with Crippen molar-refractivity contribution in [2.24, 2.45) is 5.92 Å². The molecule has 0 heterocycles. The van der Waals surface area contributed by atoms with Gasteiger partial charge in [0.2, 0.25) is 0 Å². The Morgan fingerprint density at radius 3 is 2.59 bits per heavy atom. The van der Waals surface area contributed by atoms with Gasteiger partial charge in [0, 0.05) is 18.8 Å². The fraction of sp³-hybridized carbons (Fsp3) is 0.769. The highest BCUT2D eigenvalue weighted by Gasteiger charge is 2.29. The SMILES string of the molecule is C[C@@H](O)CCCC(O)/C=C/[C@@H]1CC(=O)CC1O. The van der Waals surface area contributed by atoms with Gasteiger partial charge in [0.25, 0.3) is 0 Å². The van der Waals surface area contributed by atoms with E-state index in [9.17, 15) is 15.0 Å². The molecule has 0 bridgehead atoms. The Morgan fingerprint density at radius 1 is 1.35 bits per heavy atom. The van der Waals surface area contributed by atoms with Gasteiger partial charge in [-0.3, -0.25) is 4.79 Å². The van der Waals surface area contributed by atoms with Gasteiger partial charge >= 0.3 is 0 Å². The molecule has 3 N–H and O–H groups in total. The summed E-state index contributed by atoms with van der Waals surface area (Å²) in [5.41, 5.74) is 0. The van der Waals surface area contributed by atoms with E-state index < -0.39 is 12.2 Å². The fourth-order valence-electron chi connectivity index (χ4n) is 2.05. The number of hydrogen-bond donors (Lipinski definition) is 3. The molecule has 0 radical (unpaired) electrons. The first-order valence-electron chi connectivity index (χ1n) is 6.23. The molecule has 17 heavy (non-hydrogen) atoms. The van der Waals surface area contributed by atoms with Crippen molar-refractivity contribution in [2.75, 3.05) is 0 Å². The summed E-state index contributed by atoms with van der Waals surface area (Å²) in [5.74, 6) is -0.0651. The van der Waals surface area contributed by atoms with Gasteiger partial charge in [0.05, 0.1) is 18.3 Å². The van der Waals surface area contributed by atoms with Gasteiger partial charge in [-0.15, -0.1) is 0 Å². The maximum Gasteiger partial charge on any atom is 0.136 e. The number of aliphatic hydroxyl groups excluding tert-OH is 3. The van der Waals surface area contributed by atoms with Crippen LogP contribution in [0.2, 0.25) is 0 Å². The van der Waals surface area contributed by atoms with E-state index in [4.69, 9.17) is 5.11 Å². The standard InChI is InChI=1S/C13H22O4/c1-9(14)3-2-4-11(15)6-5-10-7-12(16)8-13(10)17/h5-6,9-11,13-15,17H,2-4,7-8H2,1H3/b6-5+/t9-,10-,11?,13?/m1/s1. The van der Waals surface area contributed by atoms with Crippen molar-refractivity contribution >= 4 is 5.78 Å². The molecule has 1 rings (SSSR count). The molecule has 2 unspecified atom stereocenters. The van der Waals surface area contributed by atoms with Gasteiger partial charge < -0.3 is 15.3 Å². The number of ketones is 1. The Morgan fingerprint density at radius 2 is 2.06 bits per heavy atom. The van der Waals surface area contributed by atoms with Crippen molar-refractivity contribution in [3.8, 4) is 0 Å². The normalized spacial score (nSPS) is 28.8. The van der Waals surface area contributed by atoms with E-state index in [1.807, 2.05) is 0 Å². The number of carbonyl (C=O) groups is 1. The summed E-state index contributed by atoms with van der Waals surface area (Å²) in [4.78, 5) is 11.1. The predicted octanol–water partition coefficient (Wildman–Crippen LogP) is 0.795. The second kappa shape index (κ2) is 6.89. The molecule has 0 aromatic carbocycles. The first-order chi connectivity index (χ1) is 7.99. The first-order valence-corrected chi connectivity index (χ1v) is 6.23. The van der Waals surface area contributed by atoms with Crippen LogP contribution in [0.1, 0.15) is 39.0 Å². The maximum absolute atomic E-state index is 11.1. The summed E-state index contributed by atoms with van der Waals surface area (Å²) in [6, 6.07) is 0. The first kappa shape index (κ1) is 14.4. The van der Waals surface area contributed by atoms with Crippen molar-refractivity contribution in [3.05, 3.63) is 12.2 Å². The Hall–Kier alpha value is -0.710. The van der Waals surface area contributed by atoms with E-state index in [0.717, 1.165) is 6.42 Å². The van der Waals surface area contributed by atoms with E-state index in [1.54, 1.807) is 19.1 Å². The fourth-order valence-corrected chi connectivity index (χ4v) is 2.05. The third kappa shape index (κ3) is 5.44. The Balaban J connectivity index is 2.25. The molecule has 0 amide bonds. The molecule has 98 valence electrons. The minimum Gasteiger partial charge on any atom is -0.393 e. The summed E-state index contributed by atoms with van der Waals surface area (Å²) in [7, 11) is 0. The lowest BCUT2D eigenvalue weighted by Crippen LogP contribution is -2.12. The molecular formula is C13H22O4. The van der Waals surface area contributed by atoms with Crippen molar-refractivity contribution in [1.82, 2.24) is 0 Å². The maximum atomic E-state index is 11.1. The van der Waals surface area contributed by atoms with Crippen LogP contribution in [0.5, 0.6) is 0 Å². The Bertz CT molecular complexity index is 273. The molecule has 1 saturated carbocycles. The van der Waals surface area contributed by atoms with E-state index in [2.05, 4.69) is 0 Å². The molecule has 0 saturated heterocycles. The number of Topliss-reactive ketones (excluding diaryl/α,β-unsaturated/α-hetero) is 1. The van der Waals surface area contributed by atoms with Crippen LogP contribution in [-0.2, 0) is 4.79 Å². The van der Waals surface area contributed by atoms with Gasteiger partial charge in [-0.2, -0.15) is 0 Å². The van der Waals surface area contributed by atoms with Crippen LogP contribution in [0, 0.1) is 5.92 Å². The minimum atomic E-state index is -0.594. The van der Waals surface area contributed by atoms with Crippen molar-refractivity contribution in [3.63, 3.8) is 0 Å². The Labute approximate surface area is 102 Å². The number of hydrogen-bond acceptors (Lipinski definition) is 4. The van der Waals surface area contributed by atoms with Gasteiger partial charge in [0.15, 0.2) is 0 Å². The highest BCUT2D eigenvalue weighted by atomic mass is 16.3. The lowest BCUT2D eigenvalue weighted by Gasteiger charge is -2.10. The van der Waals surface area contributed by atoms with Crippen LogP contribution in [0.25, 0.3) is 0 Å². The zero-order valence-electron chi connectivity index (χ0n) is 10.2. The van der Waals surface area contributed by atoms with Crippen molar-refractivity contribution in [2.45, 2.75) is 57.3 Å². The minimum absolute atomic E-state index is 0.0794. The lowest BCUT2D eigenvalue weighted by atomic mass is 10.0. The molecule has 1 aliphatic rings. The average molecular weight is 242 g/mol. The van der Waals surface area contributed by atoms with E-state index in [0.29, 0.717) is 19.3 Å². The van der Waals surface area contributed by atoms with E-state index in [1.165, 1.54) is 0 Å². The smallest absolute Gasteiger partial charge is 0.136 e. The monoisotopic (exact) mass is 242 g/mol. The molecule has 4 atom stereocenters. The molecule has 4 nitrogen and oxygen atoms in total. The largest absolute Gasteiger partial charge is 0.393 e. The molecule has 4 heteroatoms. The van der Waals surface area contributed by atoms with Crippen LogP contribution in [0.4, 0.5) is 0 Å². The lowest BCUT2D eigenvalue weighted by molar-refractivity contribution is -0.117. The van der Waals surface area contributed by atoms with E-state index in [-0.39, 0.29) is 24.2 Å². The third-order valence-corrected chi connectivity index (χ3v) is 3.10. The summed E-state index contributed by atoms with van der Waals surface area (Å²) < 4.78 is 0. The van der Waals surface area contributed by atoms with Crippen LogP contribution in [-0.4, -0.2) is 39.4 Å². The molecule has 1 aliphatic carbocycles. The zero-order chi connectivity index (χ0) is 12.8. The molecule has 1 fully saturated rings. The van der Waals surface area contributed by atoms with Crippen LogP contribution < -0.4 is 0 Å². The third-order valence-electron chi connectivity index (χ3n) is 3.10. The van der Waals surface area contributed by atoms with Crippen molar-refractivity contribution < 1.29 is 20.1 Å². The molecule has 0 aromatic heterocycles. The van der Waals surface area contributed by atoms with Gasteiger partial charge in [0.1, 0.15) is 5.78 Å². The molecule has 0 spiro atoms. The van der Waals surface area contributed by atoms with Gasteiger partial charge in [-0.25, -0.2) is 0 Å². The topological polar surface area (TPSA) is 77.8 Å². The predicted molar refractivity (Wildman–Crippen MR) is 64.4 cm³/mol. The number of aliphatic hydroxyl groups is 3. The number of rotatable bonds is 6. The quantitative estimate of drug-likeness (QED) is 0.602. The molecule has 0 aromatic rings. The number of carbonyl (C=O) groups excluding carboxylic acids is 1. The van der Waals surface area contributed by atoms with Crippen LogP contribution >= 0.6 is 0 Å². The van der Waals surface area contributed by atoms with Gasteiger partial charge in [-0.1, -0.05) is 12.2 Å². The second-order valence-corrected chi connectivity index (χ2v) is 4.91. The van der Waals surface area contributed by atoms with E-state index >= 15 is 0 Å². The molecular weight excluding hydrogens is 220 g/mol. The summed E-state index contributed by atoms with van der Waals surface area (Å²) >= 11 is 0. The molecule has 0 aliphatic heterocycles. The van der Waals surface area contributed by atoms with Gasteiger partial charge in [-0.05, 0) is 26.2 Å². The van der Waals surface area contributed by atoms with Crippen LogP contribution in [0.15, 0.2) is 12.2 Å². The Kier molecular flexibility index (Phi) is 5.82. The highest BCUT2D eigenvalue weighted by Crippen LogP contribution is 2.24. The summed E-state index contributed by atoms with van der Waals surface area (Å²) in [5, 5.41) is 28.2. The summed E-state index contributed by atoms with van der Waals surface area (Å²) in [6.45, 7) is 1.72. The second-order valence-electron chi connectivity index (χ2n) is 4.91. The zero-order valence-corrected chi connectivity index (χ0v) is 10.2. The highest BCUT2D eigenvalue weighted by molar-refractivity contribution is 5.81.